The Balaban J connectivity index is 2.58. The minimum absolute atomic E-state index is 0.807. The van der Waals surface area contributed by atoms with Crippen molar-refractivity contribution in [1.82, 2.24) is 14.4 Å². The van der Waals surface area contributed by atoms with Gasteiger partial charge in [0.2, 0.25) is 0 Å². The van der Waals surface area contributed by atoms with Crippen LogP contribution in [0.1, 0.15) is 5.82 Å². The van der Waals surface area contributed by atoms with Crippen LogP contribution in [0.15, 0.2) is 36.7 Å². The van der Waals surface area contributed by atoms with E-state index in [2.05, 4.69) is 26.5 Å². The molecule has 3 nitrogen and oxygen atoms in total. The van der Waals surface area contributed by atoms with Gasteiger partial charge in [0.05, 0.1) is 0 Å². The first-order valence-electron chi connectivity index (χ1n) is 4.54. The largest absolute Gasteiger partial charge is 0.301 e. The van der Waals surface area contributed by atoms with E-state index in [0.29, 0.717) is 0 Å². The average molecular weight is 183 g/mol. The molecule has 0 atom stereocenters. The Morgan fingerprint density at radius 3 is 3.14 bits per heavy atom. The number of rotatable bonds is 0. The van der Waals surface area contributed by atoms with Crippen molar-refractivity contribution >= 4 is 16.6 Å². The summed E-state index contributed by atoms with van der Waals surface area (Å²) < 4.78 is 2.07. The molecule has 3 aromatic heterocycles. The molecule has 0 fully saturated rings. The highest BCUT2D eigenvalue weighted by Gasteiger charge is 2.02. The molecule has 3 rings (SSSR count). The molecular formula is C11H9N3. The number of hydrogen-bond donors (Lipinski definition) is 0. The second-order valence-corrected chi connectivity index (χ2v) is 3.34. The fraction of sp³-hybridized carbons (Fsp3) is 0.0909. The molecule has 14 heavy (non-hydrogen) atoms. The second-order valence-electron chi connectivity index (χ2n) is 3.34. The van der Waals surface area contributed by atoms with Gasteiger partial charge in [0.25, 0.3) is 0 Å². The van der Waals surface area contributed by atoms with E-state index in [0.717, 1.165) is 22.4 Å². The van der Waals surface area contributed by atoms with E-state index in [1.807, 2.05) is 31.5 Å². The summed E-state index contributed by atoms with van der Waals surface area (Å²) in [6.07, 6.45) is 3.88. The van der Waals surface area contributed by atoms with Crippen molar-refractivity contribution in [2.24, 2.45) is 0 Å². The topological polar surface area (TPSA) is 30.2 Å². The van der Waals surface area contributed by atoms with Crippen molar-refractivity contribution in [3.8, 4) is 0 Å². The van der Waals surface area contributed by atoms with Crippen molar-refractivity contribution in [2.75, 3.05) is 0 Å². The molecule has 0 saturated heterocycles. The van der Waals surface area contributed by atoms with E-state index in [1.165, 1.54) is 0 Å². The highest BCUT2D eigenvalue weighted by molar-refractivity contribution is 5.83. The maximum Gasteiger partial charge on any atom is 0.148 e. The Hall–Kier alpha value is -1.90. The van der Waals surface area contributed by atoms with Crippen LogP contribution >= 0.6 is 0 Å². The fourth-order valence-corrected chi connectivity index (χ4v) is 1.69. The Bertz CT molecular complexity index is 610. The predicted molar refractivity (Wildman–Crippen MR) is 55.2 cm³/mol. The van der Waals surface area contributed by atoms with Gasteiger partial charge in [-0.3, -0.25) is 0 Å². The van der Waals surface area contributed by atoms with Gasteiger partial charge in [-0.15, -0.1) is 0 Å². The third-order valence-corrected chi connectivity index (χ3v) is 2.34. The zero-order valence-electron chi connectivity index (χ0n) is 7.81. The van der Waals surface area contributed by atoms with Gasteiger partial charge in [0.15, 0.2) is 0 Å². The summed E-state index contributed by atoms with van der Waals surface area (Å²) in [6, 6.07) is 8.18. The molecule has 0 aromatic carbocycles. The summed E-state index contributed by atoms with van der Waals surface area (Å²) in [6.45, 7) is 1.90. The molecule has 0 amide bonds. The van der Waals surface area contributed by atoms with Gasteiger partial charge in [-0.25, -0.2) is 9.97 Å². The summed E-state index contributed by atoms with van der Waals surface area (Å²) in [5.41, 5.74) is 2.13. The quantitative estimate of drug-likeness (QED) is 0.534. The van der Waals surface area contributed by atoms with E-state index in [-0.39, 0.29) is 0 Å². The van der Waals surface area contributed by atoms with E-state index in [4.69, 9.17) is 0 Å². The van der Waals surface area contributed by atoms with Crippen LogP contribution in [0.25, 0.3) is 16.6 Å². The Morgan fingerprint density at radius 1 is 1.29 bits per heavy atom. The molecule has 0 bridgehead atoms. The smallest absolute Gasteiger partial charge is 0.148 e. The van der Waals surface area contributed by atoms with Gasteiger partial charge in [-0.05, 0) is 25.1 Å². The molecular weight excluding hydrogens is 174 g/mol. The van der Waals surface area contributed by atoms with Gasteiger partial charge in [0.1, 0.15) is 11.5 Å². The number of fused-ring (bicyclic) bond motifs is 3. The molecule has 0 unspecified atom stereocenters. The maximum absolute atomic E-state index is 4.42. The van der Waals surface area contributed by atoms with Crippen molar-refractivity contribution in [3.63, 3.8) is 0 Å². The van der Waals surface area contributed by atoms with Crippen molar-refractivity contribution < 1.29 is 0 Å². The monoisotopic (exact) mass is 183 g/mol. The van der Waals surface area contributed by atoms with Gasteiger partial charge >= 0.3 is 0 Å². The van der Waals surface area contributed by atoms with E-state index < -0.39 is 0 Å². The van der Waals surface area contributed by atoms with Gasteiger partial charge < -0.3 is 4.40 Å². The first-order chi connectivity index (χ1) is 6.84. The maximum atomic E-state index is 4.42. The minimum atomic E-state index is 0.807. The fourth-order valence-electron chi connectivity index (χ4n) is 1.69. The number of aryl methyl sites for hydroxylation is 1. The molecule has 0 aliphatic carbocycles. The van der Waals surface area contributed by atoms with Gasteiger partial charge in [-0.2, -0.15) is 0 Å². The normalized spacial score (nSPS) is 11.2. The zero-order chi connectivity index (χ0) is 9.54. The van der Waals surface area contributed by atoms with Crippen LogP contribution in [0.5, 0.6) is 0 Å². The molecule has 68 valence electrons. The number of aromatic nitrogens is 3. The summed E-state index contributed by atoms with van der Waals surface area (Å²) >= 11 is 0. The first-order valence-corrected chi connectivity index (χ1v) is 4.54. The van der Waals surface area contributed by atoms with Crippen molar-refractivity contribution in [3.05, 3.63) is 42.5 Å². The Morgan fingerprint density at radius 2 is 2.21 bits per heavy atom. The number of hydrogen-bond acceptors (Lipinski definition) is 2. The highest BCUT2D eigenvalue weighted by atomic mass is 15.0. The molecule has 3 heterocycles. The lowest BCUT2D eigenvalue weighted by Crippen LogP contribution is -1.89. The minimum Gasteiger partial charge on any atom is -0.301 e. The molecule has 0 saturated carbocycles. The summed E-state index contributed by atoms with van der Waals surface area (Å²) in [5, 5.41) is 1.09. The van der Waals surface area contributed by atoms with E-state index >= 15 is 0 Å². The standard InChI is InChI=1S/C11H9N3/c1-8-12-7-9-6-10-4-2-3-5-14(10)11(9)13-8/h2-7H,1H3. The van der Waals surface area contributed by atoms with Gasteiger partial charge in [-0.1, -0.05) is 6.07 Å². The molecule has 0 radical (unpaired) electrons. The van der Waals surface area contributed by atoms with Gasteiger partial charge in [0, 0.05) is 23.3 Å². The lowest BCUT2D eigenvalue weighted by atomic mass is 10.4. The summed E-state index contributed by atoms with van der Waals surface area (Å²) in [4.78, 5) is 8.59. The predicted octanol–water partition coefficient (Wildman–Crippen LogP) is 2.19. The van der Waals surface area contributed by atoms with Crippen molar-refractivity contribution in [2.45, 2.75) is 6.92 Å². The SMILES string of the molecule is Cc1ncc2cc3ccccn3c2n1. The highest BCUT2D eigenvalue weighted by Crippen LogP contribution is 2.16. The molecule has 0 aliphatic heterocycles. The zero-order valence-corrected chi connectivity index (χ0v) is 7.81. The second kappa shape index (κ2) is 2.54. The molecule has 3 heteroatoms. The molecule has 0 spiro atoms. The Kier molecular flexibility index (Phi) is 1.36. The molecule has 3 aromatic rings. The summed E-state index contributed by atoms with van der Waals surface area (Å²) in [5.74, 6) is 0.807. The number of pyridine rings is 1. The van der Waals surface area contributed by atoms with E-state index in [1.54, 1.807) is 0 Å². The van der Waals surface area contributed by atoms with Crippen LogP contribution in [0, 0.1) is 6.92 Å². The molecule has 0 N–H and O–H groups in total. The lowest BCUT2D eigenvalue weighted by molar-refractivity contribution is 1.06. The Labute approximate surface area is 81.0 Å². The molecule has 0 aliphatic rings. The van der Waals surface area contributed by atoms with Crippen LogP contribution in [-0.2, 0) is 0 Å². The van der Waals surface area contributed by atoms with Crippen LogP contribution < -0.4 is 0 Å². The third-order valence-electron chi connectivity index (χ3n) is 2.34. The lowest BCUT2D eigenvalue weighted by Gasteiger charge is -1.95. The first kappa shape index (κ1) is 7.50. The average Bonchev–Trinajstić information content (AvgIpc) is 2.56. The summed E-state index contributed by atoms with van der Waals surface area (Å²) in [7, 11) is 0. The van der Waals surface area contributed by atoms with Crippen LogP contribution in [0.2, 0.25) is 0 Å². The van der Waals surface area contributed by atoms with Crippen LogP contribution in [0.3, 0.4) is 0 Å². The van der Waals surface area contributed by atoms with Crippen molar-refractivity contribution in [1.29, 1.82) is 0 Å². The van der Waals surface area contributed by atoms with Crippen LogP contribution in [-0.4, -0.2) is 14.4 Å². The van der Waals surface area contributed by atoms with E-state index in [9.17, 15) is 0 Å². The third kappa shape index (κ3) is 0.923. The number of nitrogens with zero attached hydrogens (tertiary/aromatic N) is 3. The van der Waals surface area contributed by atoms with Crippen LogP contribution in [0.4, 0.5) is 0 Å².